The van der Waals surface area contributed by atoms with Gasteiger partial charge in [-0.3, -0.25) is 9.59 Å². The molecule has 1 atom stereocenters. The van der Waals surface area contributed by atoms with Gasteiger partial charge in [0.15, 0.2) is 5.76 Å². The molecule has 2 amide bonds. The monoisotopic (exact) mass is 514 g/mol. The lowest BCUT2D eigenvalue weighted by atomic mass is 10.0. The number of hydrogen-bond donors (Lipinski definition) is 4. The van der Waals surface area contributed by atoms with E-state index in [1.54, 1.807) is 54.6 Å². The van der Waals surface area contributed by atoms with Crippen LogP contribution in [0.3, 0.4) is 0 Å². The Morgan fingerprint density at radius 1 is 1.03 bits per heavy atom. The first kappa shape index (κ1) is 25.3. The van der Waals surface area contributed by atoms with Crippen molar-refractivity contribution in [2.24, 2.45) is 0 Å². The molecule has 1 aliphatic heterocycles. The molecule has 0 aliphatic carbocycles. The van der Waals surface area contributed by atoms with Crippen LogP contribution in [-0.4, -0.2) is 50.8 Å². The molecule has 196 valence electrons. The van der Waals surface area contributed by atoms with E-state index in [4.69, 9.17) is 19.6 Å². The second kappa shape index (κ2) is 11.8. The van der Waals surface area contributed by atoms with Crippen LogP contribution in [0.4, 0.5) is 11.4 Å². The third-order valence-electron chi connectivity index (χ3n) is 6.28. The van der Waals surface area contributed by atoms with Gasteiger partial charge in [0.25, 0.3) is 11.8 Å². The van der Waals surface area contributed by atoms with Gasteiger partial charge in [-0.1, -0.05) is 30.3 Å². The van der Waals surface area contributed by atoms with Gasteiger partial charge in [-0.2, -0.15) is 0 Å². The van der Waals surface area contributed by atoms with E-state index in [9.17, 15) is 9.59 Å². The van der Waals surface area contributed by atoms with Crippen LogP contribution in [0.25, 0.3) is 11.0 Å². The number of ether oxygens (including phenoxy) is 2. The summed E-state index contributed by atoms with van der Waals surface area (Å²) in [7, 11) is 0. The zero-order valence-electron chi connectivity index (χ0n) is 20.9. The molecule has 38 heavy (non-hydrogen) atoms. The normalized spacial score (nSPS) is 15.2. The molecule has 2 heterocycles. The van der Waals surface area contributed by atoms with Gasteiger partial charge in [0.1, 0.15) is 17.9 Å². The number of hydrogen-bond acceptors (Lipinski definition) is 7. The summed E-state index contributed by atoms with van der Waals surface area (Å²) in [6, 6.07) is 21.5. The molecule has 5 rings (SSSR count). The molecule has 1 fully saturated rings. The summed E-state index contributed by atoms with van der Waals surface area (Å²) in [5, 5.41) is 9.83. The second-order valence-electron chi connectivity index (χ2n) is 9.02. The van der Waals surface area contributed by atoms with Crippen molar-refractivity contribution in [1.29, 1.82) is 0 Å². The minimum Gasteiger partial charge on any atom is -0.492 e. The van der Waals surface area contributed by atoms with E-state index >= 15 is 0 Å². The van der Waals surface area contributed by atoms with Crippen molar-refractivity contribution in [2.45, 2.75) is 12.5 Å². The molecule has 0 spiro atoms. The zero-order valence-corrected chi connectivity index (χ0v) is 20.9. The van der Waals surface area contributed by atoms with Crippen molar-refractivity contribution in [3.63, 3.8) is 0 Å². The van der Waals surface area contributed by atoms with E-state index in [1.807, 2.05) is 18.2 Å². The summed E-state index contributed by atoms with van der Waals surface area (Å²) >= 11 is 0. The van der Waals surface area contributed by atoms with Gasteiger partial charge < -0.3 is 35.6 Å². The lowest BCUT2D eigenvalue weighted by Gasteiger charge is -2.23. The van der Waals surface area contributed by atoms with Gasteiger partial charge in [0.2, 0.25) is 0 Å². The first-order chi connectivity index (χ1) is 18.6. The number of nitrogens with two attached hydrogens (primary N) is 1. The highest BCUT2D eigenvalue weighted by Crippen LogP contribution is 2.25. The maximum atomic E-state index is 12.7. The number of amides is 2. The van der Waals surface area contributed by atoms with Gasteiger partial charge in [0, 0.05) is 30.5 Å². The van der Waals surface area contributed by atoms with E-state index in [2.05, 4.69) is 16.0 Å². The maximum absolute atomic E-state index is 12.7. The number of benzene rings is 3. The van der Waals surface area contributed by atoms with Crippen molar-refractivity contribution in [3.05, 3.63) is 89.7 Å². The molecular formula is C29H30N4O5. The number of para-hydroxylation sites is 3. The first-order valence-corrected chi connectivity index (χ1v) is 12.6. The number of fused-ring (bicyclic) bond motifs is 1. The van der Waals surface area contributed by atoms with Crippen LogP contribution in [0.15, 0.2) is 77.2 Å². The molecule has 9 nitrogen and oxygen atoms in total. The Morgan fingerprint density at radius 2 is 1.87 bits per heavy atom. The van der Waals surface area contributed by atoms with Crippen LogP contribution >= 0.6 is 0 Å². The Balaban J connectivity index is 1.11. The van der Waals surface area contributed by atoms with Gasteiger partial charge >= 0.3 is 0 Å². The Kier molecular flexibility index (Phi) is 7.86. The van der Waals surface area contributed by atoms with E-state index < -0.39 is 0 Å². The van der Waals surface area contributed by atoms with E-state index in [0.29, 0.717) is 47.8 Å². The highest BCUT2D eigenvalue weighted by Gasteiger charge is 2.19. The van der Waals surface area contributed by atoms with Crippen LogP contribution < -0.4 is 26.4 Å². The average molecular weight is 515 g/mol. The number of furan rings is 1. The van der Waals surface area contributed by atoms with Crippen LogP contribution in [0.2, 0.25) is 0 Å². The molecular weight excluding hydrogens is 484 g/mol. The molecule has 1 unspecified atom stereocenters. The zero-order chi connectivity index (χ0) is 26.3. The van der Waals surface area contributed by atoms with Crippen LogP contribution in [0.5, 0.6) is 5.75 Å². The molecule has 0 saturated carbocycles. The molecule has 3 aromatic carbocycles. The molecule has 4 aromatic rings. The van der Waals surface area contributed by atoms with Crippen molar-refractivity contribution in [1.82, 2.24) is 10.6 Å². The first-order valence-electron chi connectivity index (χ1n) is 12.6. The van der Waals surface area contributed by atoms with Gasteiger partial charge in [-0.15, -0.1) is 0 Å². The van der Waals surface area contributed by atoms with Crippen molar-refractivity contribution in [2.75, 3.05) is 43.9 Å². The summed E-state index contributed by atoms with van der Waals surface area (Å²) < 4.78 is 17.5. The van der Waals surface area contributed by atoms with E-state index in [1.165, 1.54) is 0 Å². The van der Waals surface area contributed by atoms with Crippen LogP contribution in [0.1, 0.15) is 26.5 Å². The minimum atomic E-state index is -0.307. The largest absolute Gasteiger partial charge is 0.492 e. The standard InChI is InChI=1S/C29H30N4O5/c30-24-6-1-2-7-25(24)33-28(34)19-8-10-22(11-9-19)36-15-13-32-29(35)26-17-21-5-3-4-20(27(21)38-26)16-23-18-31-12-14-37-23/h1-11,17,23,31H,12-16,18,30H2,(H,32,35)(H,33,34). The Morgan fingerprint density at radius 3 is 2.66 bits per heavy atom. The predicted octanol–water partition coefficient (Wildman–Crippen LogP) is 3.61. The summed E-state index contributed by atoms with van der Waals surface area (Å²) in [5.41, 5.74) is 9.14. The molecule has 1 aromatic heterocycles. The lowest BCUT2D eigenvalue weighted by molar-refractivity contribution is 0.0293. The average Bonchev–Trinajstić information content (AvgIpc) is 3.39. The summed E-state index contributed by atoms with van der Waals surface area (Å²) in [4.78, 5) is 25.1. The summed E-state index contributed by atoms with van der Waals surface area (Å²) in [6.45, 7) is 2.90. The quantitative estimate of drug-likeness (QED) is 0.198. The third-order valence-corrected chi connectivity index (χ3v) is 6.28. The number of carbonyl (C=O) groups is 2. The maximum Gasteiger partial charge on any atom is 0.287 e. The van der Waals surface area contributed by atoms with Crippen molar-refractivity contribution >= 4 is 34.2 Å². The van der Waals surface area contributed by atoms with Crippen LogP contribution in [0, 0.1) is 0 Å². The van der Waals surface area contributed by atoms with Crippen molar-refractivity contribution < 1.29 is 23.5 Å². The molecule has 1 aliphatic rings. The smallest absolute Gasteiger partial charge is 0.287 e. The lowest BCUT2D eigenvalue weighted by Crippen LogP contribution is -2.39. The fourth-order valence-electron chi connectivity index (χ4n) is 4.32. The minimum absolute atomic E-state index is 0.0833. The van der Waals surface area contributed by atoms with E-state index in [0.717, 1.165) is 24.0 Å². The van der Waals surface area contributed by atoms with Gasteiger partial charge in [-0.05, 0) is 48.0 Å². The SMILES string of the molecule is Nc1ccccc1NC(=O)c1ccc(OCCNC(=O)c2cc3cccc(CC4CNCCO4)c3o2)cc1. The van der Waals surface area contributed by atoms with Crippen LogP contribution in [-0.2, 0) is 11.2 Å². The fraction of sp³-hybridized carbons (Fsp3) is 0.241. The van der Waals surface area contributed by atoms with Crippen molar-refractivity contribution in [3.8, 4) is 5.75 Å². The summed E-state index contributed by atoms with van der Waals surface area (Å²) in [5.74, 6) is 0.268. The fourth-order valence-corrected chi connectivity index (χ4v) is 4.32. The number of nitrogens with one attached hydrogen (secondary N) is 3. The molecule has 1 saturated heterocycles. The molecule has 0 radical (unpaired) electrons. The molecule has 5 N–H and O–H groups in total. The molecule has 0 bridgehead atoms. The van der Waals surface area contributed by atoms with Gasteiger partial charge in [0.05, 0.1) is 30.6 Å². The Bertz CT molecular complexity index is 1410. The second-order valence-corrected chi connectivity index (χ2v) is 9.02. The Hall–Kier alpha value is -4.34. The predicted molar refractivity (Wildman–Crippen MR) is 146 cm³/mol. The number of carbonyl (C=O) groups excluding carboxylic acids is 2. The number of nitrogen functional groups attached to an aromatic ring is 1. The highest BCUT2D eigenvalue weighted by atomic mass is 16.5. The topological polar surface area (TPSA) is 128 Å². The molecule has 9 heteroatoms. The highest BCUT2D eigenvalue weighted by molar-refractivity contribution is 6.05. The number of rotatable bonds is 9. The van der Waals surface area contributed by atoms with E-state index in [-0.39, 0.29) is 30.3 Å². The Labute approximate surface area is 220 Å². The summed E-state index contributed by atoms with van der Waals surface area (Å²) in [6.07, 6.45) is 0.799. The third kappa shape index (κ3) is 6.13. The number of morpholine rings is 1. The van der Waals surface area contributed by atoms with Gasteiger partial charge in [-0.25, -0.2) is 0 Å². The number of anilines is 2.